The van der Waals surface area contributed by atoms with Crippen molar-refractivity contribution in [2.24, 2.45) is 0 Å². The Balaban J connectivity index is 2.00. The van der Waals surface area contributed by atoms with Crippen molar-refractivity contribution in [2.45, 2.75) is 38.0 Å². The molecule has 20 heavy (non-hydrogen) atoms. The van der Waals surface area contributed by atoms with Crippen molar-refractivity contribution in [1.29, 1.82) is 0 Å². The van der Waals surface area contributed by atoms with Gasteiger partial charge in [0.15, 0.2) is 6.10 Å². The van der Waals surface area contributed by atoms with Crippen molar-refractivity contribution < 1.29 is 19.4 Å². The fraction of sp³-hybridized carbons (Fsp3) is 0.467. The minimum Gasteiger partial charge on any atom is -0.479 e. The van der Waals surface area contributed by atoms with Gasteiger partial charge in [-0.2, -0.15) is 0 Å². The first-order valence-corrected chi connectivity index (χ1v) is 6.80. The summed E-state index contributed by atoms with van der Waals surface area (Å²) in [5.41, 5.74) is 1.92. The second-order valence-electron chi connectivity index (χ2n) is 5.46. The van der Waals surface area contributed by atoms with Crippen LogP contribution in [0.15, 0.2) is 24.3 Å². The number of aryl methyl sites for hydroxylation is 1. The number of morpholine rings is 1. The van der Waals surface area contributed by atoms with Crippen LogP contribution in [0.2, 0.25) is 0 Å². The van der Waals surface area contributed by atoms with Crippen molar-refractivity contribution in [2.75, 3.05) is 6.61 Å². The van der Waals surface area contributed by atoms with Gasteiger partial charge in [-0.05, 0) is 25.3 Å². The standard InChI is InChI=1S/C15H17NO4/c1-9-2-4-10(5-3-9)13-14(15(18)19)20-8-12(17)16(13)11-6-7-11/h2-5,11,13-14H,6-8H2,1H3,(H,18,19)/t13-,14+/m1/s1. The molecule has 1 N–H and O–H groups in total. The Hall–Kier alpha value is -1.88. The van der Waals surface area contributed by atoms with Gasteiger partial charge in [0.2, 0.25) is 5.91 Å². The molecule has 1 saturated carbocycles. The van der Waals surface area contributed by atoms with Crippen LogP contribution in [0.1, 0.15) is 30.0 Å². The fourth-order valence-corrected chi connectivity index (χ4v) is 2.72. The lowest BCUT2D eigenvalue weighted by molar-refractivity contribution is -0.174. The van der Waals surface area contributed by atoms with E-state index in [0.29, 0.717) is 0 Å². The fourth-order valence-electron chi connectivity index (χ4n) is 2.72. The Morgan fingerprint density at radius 2 is 1.95 bits per heavy atom. The molecule has 1 aliphatic carbocycles. The number of amides is 1. The van der Waals surface area contributed by atoms with Gasteiger partial charge in [0.1, 0.15) is 6.61 Å². The Morgan fingerprint density at radius 1 is 1.30 bits per heavy atom. The monoisotopic (exact) mass is 275 g/mol. The minimum atomic E-state index is -1.02. The average molecular weight is 275 g/mol. The molecule has 1 saturated heterocycles. The van der Waals surface area contributed by atoms with E-state index in [9.17, 15) is 14.7 Å². The molecule has 0 aromatic heterocycles. The van der Waals surface area contributed by atoms with Gasteiger partial charge in [-0.3, -0.25) is 4.79 Å². The first-order valence-electron chi connectivity index (χ1n) is 6.80. The van der Waals surface area contributed by atoms with Gasteiger partial charge in [0.05, 0.1) is 6.04 Å². The zero-order chi connectivity index (χ0) is 14.3. The molecule has 0 unspecified atom stereocenters. The molecule has 0 bridgehead atoms. The number of carboxylic acid groups (broad SMARTS) is 1. The molecular weight excluding hydrogens is 258 g/mol. The summed E-state index contributed by atoms with van der Waals surface area (Å²) in [5.74, 6) is -1.13. The van der Waals surface area contributed by atoms with Gasteiger partial charge < -0.3 is 14.7 Å². The van der Waals surface area contributed by atoms with Gasteiger partial charge in [-0.1, -0.05) is 29.8 Å². The van der Waals surface area contributed by atoms with Gasteiger partial charge in [-0.25, -0.2) is 4.79 Å². The second-order valence-corrected chi connectivity index (χ2v) is 5.46. The number of aliphatic carboxylic acids is 1. The normalized spacial score (nSPS) is 26.6. The number of nitrogens with zero attached hydrogens (tertiary/aromatic N) is 1. The number of rotatable bonds is 3. The summed E-state index contributed by atoms with van der Waals surface area (Å²) < 4.78 is 5.27. The number of carboxylic acids is 1. The lowest BCUT2D eigenvalue weighted by Crippen LogP contribution is -2.52. The molecule has 1 aromatic rings. The number of carbonyl (C=O) groups is 2. The molecule has 2 aliphatic rings. The van der Waals surface area contributed by atoms with E-state index in [1.807, 2.05) is 31.2 Å². The van der Waals surface area contributed by atoms with Crippen molar-refractivity contribution in [1.82, 2.24) is 4.90 Å². The Morgan fingerprint density at radius 3 is 2.50 bits per heavy atom. The maximum atomic E-state index is 12.1. The van der Waals surface area contributed by atoms with Gasteiger partial charge in [0.25, 0.3) is 0 Å². The highest BCUT2D eigenvalue weighted by molar-refractivity contribution is 5.83. The van der Waals surface area contributed by atoms with Crippen LogP contribution in [-0.2, 0) is 14.3 Å². The molecule has 2 atom stereocenters. The first-order chi connectivity index (χ1) is 9.58. The molecule has 5 heteroatoms. The molecule has 1 aromatic carbocycles. The summed E-state index contributed by atoms with van der Waals surface area (Å²) in [4.78, 5) is 25.3. The third kappa shape index (κ3) is 2.29. The number of hydrogen-bond donors (Lipinski definition) is 1. The van der Waals surface area contributed by atoms with Crippen LogP contribution in [0.3, 0.4) is 0 Å². The van der Waals surface area contributed by atoms with E-state index in [1.165, 1.54) is 0 Å². The van der Waals surface area contributed by atoms with E-state index in [-0.39, 0.29) is 18.6 Å². The number of benzene rings is 1. The van der Waals surface area contributed by atoms with Gasteiger partial charge in [0, 0.05) is 6.04 Å². The first kappa shape index (κ1) is 13.1. The summed E-state index contributed by atoms with van der Waals surface area (Å²) in [6.07, 6.45) is 0.900. The van der Waals surface area contributed by atoms with E-state index in [0.717, 1.165) is 24.0 Å². The number of hydrogen-bond acceptors (Lipinski definition) is 3. The number of ether oxygens (including phenoxy) is 1. The molecule has 5 nitrogen and oxygen atoms in total. The maximum Gasteiger partial charge on any atom is 0.335 e. The third-order valence-electron chi connectivity index (χ3n) is 3.86. The van der Waals surface area contributed by atoms with Crippen LogP contribution < -0.4 is 0 Å². The van der Waals surface area contributed by atoms with Crippen molar-refractivity contribution in [3.8, 4) is 0 Å². The van der Waals surface area contributed by atoms with E-state index in [2.05, 4.69) is 0 Å². The summed E-state index contributed by atoms with van der Waals surface area (Å²) >= 11 is 0. The number of carbonyl (C=O) groups excluding carboxylic acids is 1. The lowest BCUT2D eigenvalue weighted by atomic mass is 9.96. The zero-order valence-electron chi connectivity index (χ0n) is 11.3. The molecular formula is C15H17NO4. The van der Waals surface area contributed by atoms with Crippen molar-refractivity contribution in [3.05, 3.63) is 35.4 Å². The second kappa shape index (κ2) is 4.90. The maximum absolute atomic E-state index is 12.1. The minimum absolute atomic E-state index is 0.115. The Labute approximate surface area is 117 Å². The predicted octanol–water partition coefficient (Wildman–Crippen LogP) is 1.51. The molecule has 0 radical (unpaired) electrons. The van der Waals surface area contributed by atoms with Gasteiger partial charge >= 0.3 is 5.97 Å². The summed E-state index contributed by atoms with van der Waals surface area (Å²) in [7, 11) is 0. The summed E-state index contributed by atoms with van der Waals surface area (Å²) in [5, 5.41) is 9.37. The smallest absolute Gasteiger partial charge is 0.335 e. The van der Waals surface area contributed by atoms with Crippen LogP contribution in [0.4, 0.5) is 0 Å². The zero-order valence-corrected chi connectivity index (χ0v) is 11.3. The SMILES string of the molecule is Cc1ccc([C@@H]2[C@@H](C(=O)O)OCC(=O)N2C2CC2)cc1. The van der Waals surface area contributed by atoms with Crippen LogP contribution in [0.25, 0.3) is 0 Å². The highest BCUT2D eigenvalue weighted by Gasteiger charge is 2.47. The molecule has 0 spiro atoms. The quantitative estimate of drug-likeness (QED) is 0.908. The summed E-state index contributed by atoms with van der Waals surface area (Å²) in [6, 6.07) is 7.26. The topological polar surface area (TPSA) is 66.8 Å². The largest absolute Gasteiger partial charge is 0.479 e. The van der Waals surface area contributed by atoms with Gasteiger partial charge in [-0.15, -0.1) is 0 Å². The Bertz CT molecular complexity index is 535. The lowest BCUT2D eigenvalue weighted by Gasteiger charge is -2.39. The molecule has 106 valence electrons. The van der Waals surface area contributed by atoms with Crippen LogP contribution >= 0.6 is 0 Å². The van der Waals surface area contributed by atoms with E-state index in [1.54, 1.807) is 4.90 Å². The molecule has 1 amide bonds. The van der Waals surface area contributed by atoms with Crippen LogP contribution in [0.5, 0.6) is 0 Å². The van der Waals surface area contributed by atoms with Crippen LogP contribution in [-0.4, -0.2) is 40.6 Å². The molecule has 1 aliphatic heterocycles. The third-order valence-corrected chi connectivity index (χ3v) is 3.86. The van der Waals surface area contributed by atoms with Crippen molar-refractivity contribution >= 4 is 11.9 Å². The molecule has 3 rings (SSSR count). The van der Waals surface area contributed by atoms with Crippen LogP contribution in [0, 0.1) is 6.92 Å². The van der Waals surface area contributed by atoms with Crippen molar-refractivity contribution in [3.63, 3.8) is 0 Å². The Kier molecular flexibility index (Phi) is 3.22. The van der Waals surface area contributed by atoms with E-state index < -0.39 is 18.1 Å². The predicted molar refractivity (Wildman–Crippen MR) is 71.2 cm³/mol. The highest BCUT2D eigenvalue weighted by Crippen LogP contribution is 2.39. The van der Waals surface area contributed by atoms with E-state index >= 15 is 0 Å². The summed E-state index contributed by atoms with van der Waals surface area (Å²) in [6.45, 7) is 1.83. The average Bonchev–Trinajstić information content (AvgIpc) is 3.23. The highest BCUT2D eigenvalue weighted by atomic mass is 16.5. The molecule has 2 fully saturated rings. The van der Waals surface area contributed by atoms with E-state index in [4.69, 9.17) is 4.74 Å². The molecule has 1 heterocycles.